The van der Waals surface area contributed by atoms with Crippen LogP contribution in [0.1, 0.15) is 47.4 Å². The van der Waals surface area contributed by atoms with E-state index >= 15 is 0 Å². The Bertz CT molecular complexity index is 1810. The highest BCUT2D eigenvalue weighted by atomic mass is 35.5. The van der Waals surface area contributed by atoms with E-state index in [2.05, 4.69) is 72.6 Å². The highest BCUT2D eigenvalue weighted by Crippen LogP contribution is 2.44. The average molecular weight is 574 g/mol. The molecular weight excluding hydrogens is 538 g/mol. The van der Waals surface area contributed by atoms with Crippen LogP contribution in [-0.4, -0.2) is 19.2 Å². The van der Waals surface area contributed by atoms with Gasteiger partial charge in [0.05, 0.1) is 19.6 Å². The van der Waals surface area contributed by atoms with Crippen LogP contribution in [0.25, 0.3) is 32.3 Å². The number of nitrogens with zero attached hydrogens (tertiary/aromatic N) is 1. The minimum Gasteiger partial charge on any atom is -0.496 e. The minimum atomic E-state index is 0.579. The van der Waals surface area contributed by atoms with Crippen LogP contribution >= 0.6 is 11.6 Å². The number of methoxy groups -OCH3 is 2. The molecule has 0 spiro atoms. The van der Waals surface area contributed by atoms with Gasteiger partial charge >= 0.3 is 0 Å². The summed E-state index contributed by atoms with van der Waals surface area (Å²) in [5.41, 5.74) is 5.46. The summed E-state index contributed by atoms with van der Waals surface area (Å²) in [6, 6.07) is 29.8. The fourth-order valence-electron chi connectivity index (χ4n) is 6.43. The highest BCUT2D eigenvalue weighted by molar-refractivity contribution is 6.31. The van der Waals surface area contributed by atoms with Gasteiger partial charge in [0.15, 0.2) is 0 Å². The first-order chi connectivity index (χ1) is 20.6. The lowest BCUT2D eigenvalue weighted by Crippen LogP contribution is -2.11. The monoisotopic (exact) mass is 573 g/mol. The van der Waals surface area contributed by atoms with Crippen LogP contribution in [0, 0.1) is 6.92 Å². The van der Waals surface area contributed by atoms with E-state index in [1.165, 1.54) is 56.5 Å². The maximum absolute atomic E-state index is 6.36. The number of ether oxygens (including phenoxy) is 2. The van der Waals surface area contributed by atoms with Gasteiger partial charge < -0.3 is 9.47 Å². The smallest absolute Gasteiger partial charge is 0.131 e. The molecule has 42 heavy (non-hydrogen) atoms. The Morgan fingerprint density at radius 1 is 0.810 bits per heavy atom. The van der Waals surface area contributed by atoms with Gasteiger partial charge in [-0.1, -0.05) is 72.3 Å². The van der Waals surface area contributed by atoms with Gasteiger partial charge in [-0.05, 0) is 118 Å². The highest BCUT2D eigenvalue weighted by Gasteiger charge is 2.23. The molecule has 0 N–H and O–H groups in total. The lowest BCUT2D eigenvalue weighted by atomic mass is 9.77. The minimum absolute atomic E-state index is 0.579. The first-order valence-electron chi connectivity index (χ1n) is 14.7. The fraction of sp³-hybridized carbons (Fsp3) is 0.237. The third-order valence-corrected chi connectivity index (χ3v) is 9.07. The Labute approximate surface area is 253 Å². The van der Waals surface area contributed by atoms with Gasteiger partial charge in [0.1, 0.15) is 11.5 Å². The molecule has 0 fully saturated rings. The predicted octanol–water partition coefficient (Wildman–Crippen LogP) is 10.3. The van der Waals surface area contributed by atoms with E-state index in [0.717, 1.165) is 46.7 Å². The molecule has 7 rings (SSSR count). The zero-order chi connectivity index (χ0) is 29.1. The summed E-state index contributed by atoms with van der Waals surface area (Å²) >= 11 is 6.36. The van der Waals surface area contributed by atoms with Crippen LogP contribution in [0.4, 0.5) is 0 Å². The van der Waals surface area contributed by atoms with Crippen molar-refractivity contribution in [2.75, 3.05) is 14.2 Å². The second kappa shape index (κ2) is 12.4. The summed E-state index contributed by atoms with van der Waals surface area (Å²) in [6.07, 6.45) is 9.48. The molecule has 212 valence electrons. The lowest BCUT2D eigenvalue weighted by molar-refractivity contribution is 0.405. The van der Waals surface area contributed by atoms with E-state index in [4.69, 9.17) is 21.1 Å². The summed E-state index contributed by atoms with van der Waals surface area (Å²) in [4.78, 5) is 4.01. The molecule has 1 unspecified atom stereocenters. The lowest BCUT2D eigenvalue weighted by Gasteiger charge is -2.27. The molecule has 0 radical (unpaired) electrons. The molecule has 1 aromatic heterocycles. The number of aryl methyl sites for hydroxylation is 3. The zero-order valence-corrected chi connectivity index (χ0v) is 25.2. The van der Waals surface area contributed by atoms with E-state index < -0.39 is 0 Å². The van der Waals surface area contributed by atoms with Gasteiger partial charge in [-0.15, -0.1) is 0 Å². The average Bonchev–Trinajstić information content (AvgIpc) is 3.04. The quantitative estimate of drug-likeness (QED) is 0.192. The van der Waals surface area contributed by atoms with Gasteiger partial charge in [-0.25, -0.2) is 0 Å². The maximum Gasteiger partial charge on any atom is 0.131 e. The number of benzene rings is 5. The topological polar surface area (TPSA) is 31.4 Å². The SMILES string of the molecule is COc1cccc2c1c(OC)cc1c3c(ccc12)C(CCc1ccc(C)c(Cl)c1)CCC3.c1ccc2cnccc2c1. The Balaban J connectivity index is 0.000000265. The summed E-state index contributed by atoms with van der Waals surface area (Å²) in [5, 5.41) is 8.16. The predicted molar refractivity (Wildman–Crippen MR) is 176 cm³/mol. The first kappa shape index (κ1) is 28.1. The molecule has 6 aromatic rings. The molecule has 0 amide bonds. The van der Waals surface area contributed by atoms with Gasteiger partial charge in [0.2, 0.25) is 0 Å². The molecule has 5 aromatic carbocycles. The number of halogens is 1. The Hall–Kier alpha value is -4.08. The van der Waals surface area contributed by atoms with Crippen molar-refractivity contribution >= 4 is 43.9 Å². The van der Waals surface area contributed by atoms with Gasteiger partial charge in [0.25, 0.3) is 0 Å². The van der Waals surface area contributed by atoms with E-state index in [9.17, 15) is 0 Å². The molecule has 0 aliphatic heterocycles. The van der Waals surface area contributed by atoms with Crippen molar-refractivity contribution in [2.45, 2.75) is 44.9 Å². The fourth-order valence-corrected chi connectivity index (χ4v) is 6.63. The summed E-state index contributed by atoms with van der Waals surface area (Å²) in [7, 11) is 3.47. The Kier molecular flexibility index (Phi) is 8.30. The summed E-state index contributed by atoms with van der Waals surface area (Å²) in [6.45, 7) is 2.06. The molecule has 1 atom stereocenters. The van der Waals surface area contributed by atoms with Gasteiger partial charge in [0, 0.05) is 17.4 Å². The van der Waals surface area contributed by atoms with E-state index in [1.54, 1.807) is 14.2 Å². The molecule has 1 heterocycles. The second-order valence-corrected chi connectivity index (χ2v) is 11.5. The van der Waals surface area contributed by atoms with Crippen LogP contribution in [0.15, 0.2) is 97.3 Å². The molecule has 0 bridgehead atoms. The first-order valence-corrected chi connectivity index (χ1v) is 15.1. The number of pyridine rings is 1. The number of aromatic nitrogens is 1. The number of rotatable bonds is 5. The summed E-state index contributed by atoms with van der Waals surface area (Å²) in [5.74, 6) is 2.32. The van der Waals surface area contributed by atoms with Crippen LogP contribution in [0.5, 0.6) is 11.5 Å². The standard InChI is InChI=1S/C29H29ClO2.C9H7N/c1-18-10-11-19(16-26(18)30)12-13-20-6-4-7-22-21(20)14-15-23-24-8-5-9-27(31-2)29(24)28(32-3)17-25(22)23;1-2-4-9-7-10-6-5-8(9)3-1/h5,8-11,14-17,20H,4,6-7,12-13H2,1-3H3;1-7H. The molecule has 4 heteroatoms. The van der Waals surface area contributed by atoms with Crippen molar-refractivity contribution in [3.8, 4) is 11.5 Å². The molecular formula is C38H36ClNO2. The number of hydrogen-bond donors (Lipinski definition) is 0. The molecule has 3 nitrogen and oxygen atoms in total. The van der Waals surface area contributed by atoms with Crippen LogP contribution in [0.2, 0.25) is 5.02 Å². The van der Waals surface area contributed by atoms with Gasteiger partial charge in [-0.3, -0.25) is 4.98 Å². The molecule has 1 aliphatic rings. The largest absolute Gasteiger partial charge is 0.496 e. The Morgan fingerprint density at radius 2 is 1.64 bits per heavy atom. The molecule has 1 aliphatic carbocycles. The van der Waals surface area contributed by atoms with Crippen molar-refractivity contribution in [1.82, 2.24) is 4.98 Å². The van der Waals surface area contributed by atoms with Crippen molar-refractivity contribution < 1.29 is 9.47 Å². The van der Waals surface area contributed by atoms with Gasteiger partial charge in [-0.2, -0.15) is 0 Å². The van der Waals surface area contributed by atoms with E-state index in [-0.39, 0.29) is 0 Å². The Morgan fingerprint density at radius 3 is 2.43 bits per heavy atom. The van der Waals surface area contributed by atoms with Crippen molar-refractivity contribution in [1.29, 1.82) is 0 Å². The van der Waals surface area contributed by atoms with E-state index in [0.29, 0.717) is 5.92 Å². The molecule has 0 saturated carbocycles. The molecule has 0 saturated heterocycles. The third-order valence-electron chi connectivity index (χ3n) is 8.66. The van der Waals surface area contributed by atoms with Crippen LogP contribution in [0.3, 0.4) is 0 Å². The second-order valence-electron chi connectivity index (χ2n) is 11.1. The zero-order valence-electron chi connectivity index (χ0n) is 24.5. The van der Waals surface area contributed by atoms with Crippen LogP contribution < -0.4 is 9.47 Å². The normalized spacial score (nSPS) is 14.3. The van der Waals surface area contributed by atoms with E-state index in [1.807, 2.05) is 36.7 Å². The number of hydrogen-bond acceptors (Lipinski definition) is 3. The third kappa shape index (κ3) is 5.54. The van der Waals surface area contributed by atoms with Crippen molar-refractivity contribution in [3.05, 3.63) is 125 Å². The van der Waals surface area contributed by atoms with Crippen LogP contribution in [-0.2, 0) is 12.8 Å². The maximum atomic E-state index is 6.36. The van der Waals surface area contributed by atoms with Crippen molar-refractivity contribution in [2.24, 2.45) is 0 Å². The number of fused-ring (bicyclic) bond motifs is 6. The van der Waals surface area contributed by atoms with Crippen molar-refractivity contribution in [3.63, 3.8) is 0 Å². The summed E-state index contributed by atoms with van der Waals surface area (Å²) < 4.78 is 11.5.